The summed E-state index contributed by atoms with van der Waals surface area (Å²) in [6.45, 7) is 6.65. The van der Waals surface area contributed by atoms with E-state index < -0.39 is 11.2 Å². The molecule has 7 heteroatoms. The van der Waals surface area contributed by atoms with Gasteiger partial charge in [0.15, 0.2) is 0 Å². The molecule has 0 bridgehead atoms. The van der Waals surface area contributed by atoms with Gasteiger partial charge in [-0.2, -0.15) is 0 Å². The van der Waals surface area contributed by atoms with Crippen LogP contribution in [-0.2, 0) is 19.8 Å². The molecule has 0 radical (unpaired) electrons. The van der Waals surface area contributed by atoms with Gasteiger partial charge in [0, 0.05) is 50.7 Å². The Hall–Kier alpha value is -3.22. The van der Waals surface area contributed by atoms with Gasteiger partial charge in [-0.15, -0.1) is 0 Å². The lowest BCUT2D eigenvalue weighted by Gasteiger charge is -2.38. The van der Waals surface area contributed by atoms with Crippen molar-refractivity contribution in [1.29, 1.82) is 0 Å². The number of imide groups is 1. The van der Waals surface area contributed by atoms with Crippen molar-refractivity contribution >= 4 is 23.4 Å². The summed E-state index contributed by atoms with van der Waals surface area (Å²) in [6, 6.07) is 12.1. The number of rotatable bonds is 5. The van der Waals surface area contributed by atoms with Crippen LogP contribution in [0.3, 0.4) is 0 Å². The molecule has 36 heavy (non-hydrogen) atoms. The Morgan fingerprint density at radius 1 is 1.00 bits per heavy atom. The third-order valence-corrected chi connectivity index (χ3v) is 8.20. The molecule has 190 valence electrons. The van der Waals surface area contributed by atoms with Gasteiger partial charge in [0.2, 0.25) is 17.7 Å². The van der Waals surface area contributed by atoms with Crippen molar-refractivity contribution in [3.05, 3.63) is 65.0 Å². The number of nitrogens with zero attached hydrogens (tertiary/aromatic N) is 3. The predicted molar refractivity (Wildman–Crippen MR) is 136 cm³/mol. The minimum absolute atomic E-state index is 0.0833. The van der Waals surface area contributed by atoms with Crippen LogP contribution in [0, 0.1) is 19.7 Å². The molecular formula is C29H34FN3O3. The number of aryl methyl sites for hydroxylation is 2. The number of hydrogen-bond donors (Lipinski definition) is 0. The van der Waals surface area contributed by atoms with Crippen LogP contribution in [0.5, 0.6) is 0 Å². The number of carbonyl (C=O) groups excluding carboxylic acids is 3. The lowest BCUT2D eigenvalue weighted by atomic mass is 9.75. The Morgan fingerprint density at radius 3 is 2.39 bits per heavy atom. The van der Waals surface area contributed by atoms with Gasteiger partial charge in [-0.05, 0) is 56.0 Å². The van der Waals surface area contributed by atoms with E-state index in [1.807, 2.05) is 0 Å². The summed E-state index contributed by atoms with van der Waals surface area (Å²) in [6.07, 6.45) is 3.36. The normalized spacial score (nSPS) is 23.1. The summed E-state index contributed by atoms with van der Waals surface area (Å²) in [4.78, 5) is 46.0. The van der Waals surface area contributed by atoms with Crippen LogP contribution in [-0.4, -0.2) is 59.7 Å². The number of benzene rings is 2. The van der Waals surface area contributed by atoms with E-state index in [0.29, 0.717) is 31.7 Å². The van der Waals surface area contributed by atoms with Crippen molar-refractivity contribution in [1.82, 2.24) is 9.80 Å². The predicted octanol–water partition coefficient (Wildman–Crippen LogP) is 4.12. The highest BCUT2D eigenvalue weighted by atomic mass is 19.1. The molecule has 5 rings (SSSR count). The maximum atomic E-state index is 14.3. The van der Waals surface area contributed by atoms with Crippen molar-refractivity contribution < 1.29 is 18.8 Å². The van der Waals surface area contributed by atoms with Crippen molar-refractivity contribution in [3.63, 3.8) is 0 Å². The van der Waals surface area contributed by atoms with Crippen LogP contribution >= 0.6 is 0 Å². The molecule has 2 aromatic rings. The van der Waals surface area contributed by atoms with Gasteiger partial charge in [0.1, 0.15) is 5.82 Å². The van der Waals surface area contributed by atoms with Crippen LogP contribution in [0.25, 0.3) is 0 Å². The zero-order valence-electron chi connectivity index (χ0n) is 21.1. The number of carbonyl (C=O) groups is 3. The highest BCUT2D eigenvalue weighted by molar-refractivity contribution is 6.11. The average molecular weight is 492 g/mol. The smallest absolute Gasteiger partial charge is 0.241 e. The molecule has 1 atom stereocenters. The van der Waals surface area contributed by atoms with Crippen LogP contribution in [0.2, 0.25) is 0 Å². The molecule has 0 spiro atoms. The summed E-state index contributed by atoms with van der Waals surface area (Å²) in [5.74, 6) is -1.22. The number of anilines is 1. The first-order valence-corrected chi connectivity index (χ1v) is 13.0. The first kappa shape index (κ1) is 24.5. The number of hydrogen-bond acceptors (Lipinski definition) is 4. The maximum Gasteiger partial charge on any atom is 0.241 e. The molecule has 0 aromatic heterocycles. The molecule has 0 N–H and O–H groups in total. The highest BCUT2D eigenvalue weighted by Crippen LogP contribution is 2.43. The standard InChI is InChI=1S/C29H34FN3O3/c1-20-10-11-25(21(2)16-20)31-12-14-32(15-13-31)26(34)18-29(22-6-5-7-23(30)17-22)19-27(35)33(28(29)36)24-8-3-4-9-24/h5-7,10-11,16-17,24H,3-4,8-9,12-15,18-19H2,1-2H3. The molecule has 6 nitrogen and oxygen atoms in total. The minimum atomic E-state index is -1.34. The molecule has 1 aliphatic carbocycles. The van der Waals surface area contributed by atoms with Gasteiger partial charge >= 0.3 is 0 Å². The number of amides is 3. The largest absolute Gasteiger partial charge is 0.368 e. The number of likely N-dealkylation sites (tertiary alicyclic amines) is 1. The Kier molecular flexibility index (Phi) is 6.58. The third kappa shape index (κ3) is 4.40. The Morgan fingerprint density at radius 2 is 1.72 bits per heavy atom. The lowest BCUT2D eigenvalue weighted by Crippen LogP contribution is -2.51. The first-order chi connectivity index (χ1) is 17.3. The molecule has 1 unspecified atom stereocenters. The fourth-order valence-electron chi connectivity index (χ4n) is 6.27. The van der Waals surface area contributed by atoms with Gasteiger partial charge in [-0.3, -0.25) is 19.3 Å². The molecule has 3 aliphatic rings. The van der Waals surface area contributed by atoms with Crippen molar-refractivity contribution in [2.75, 3.05) is 31.1 Å². The molecule has 2 aromatic carbocycles. The zero-order chi connectivity index (χ0) is 25.4. The molecular weight excluding hydrogens is 457 g/mol. The van der Waals surface area contributed by atoms with E-state index in [-0.39, 0.29) is 36.6 Å². The lowest BCUT2D eigenvalue weighted by molar-refractivity contribution is -0.144. The Labute approximate surface area is 212 Å². The summed E-state index contributed by atoms with van der Waals surface area (Å²) in [5.41, 5.74) is 2.68. The van der Waals surface area contributed by atoms with E-state index >= 15 is 0 Å². The van der Waals surface area contributed by atoms with Gasteiger partial charge in [0.25, 0.3) is 0 Å². The first-order valence-electron chi connectivity index (χ1n) is 13.0. The molecule has 2 aliphatic heterocycles. The number of halogens is 1. The van der Waals surface area contributed by atoms with E-state index in [9.17, 15) is 18.8 Å². The summed E-state index contributed by atoms with van der Waals surface area (Å²) >= 11 is 0. The second-order valence-electron chi connectivity index (χ2n) is 10.6. The monoisotopic (exact) mass is 491 g/mol. The maximum absolute atomic E-state index is 14.3. The molecule has 3 fully saturated rings. The van der Waals surface area contributed by atoms with E-state index in [0.717, 1.165) is 25.7 Å². The van der Waals surface area contributed by atoms with Gasteiger partial charge in [-0.25, -0.2) is 4.39 Å². The van der Waals surface area contributed by atoms with Crippen LogP contribution in [0.1, 0.15) is 55.2 Å². The topological polar surface area (TPSA) is 60.9 Å². The van der Waals surface area contributed by atoms with Crippen LogP contribution < -0.4 is 4.90 Å². The van der Waals surface area contributed by atoms with Crippen molar-refractivity contribution in [3.8, 4) is 0 Å². The molecule has 2 saturated heterocycles. The molecule has 1 saturated carbocycles. The second-order valence-corrected chi connectivity index (χ2v) is 10.6. The van der Waals surface area contributed by atoms with Gasteiger partial charge in [-0.1, -0.05) is 42.7 Å². The third-order valence-electron chi connectivity index (χ3n) is 8.20. The Balaban J connectivity index is 1.36. The van der Waals surface area contributed by atoms with E-state index in [1.54, 1.807) is 17.0 Å². The van der Waals surface area contributed by atoms with Gasteiger partial charge in [0.05, 0.1) is 5.41 Å². The Bertz CT molecular complexity index is 1180. The molecule has 2 heterocycles. The van der Waals surface area contributed by atoms with Crippen molar-refractivity contribution in [2.45, 2.75) is 63.8 Å². The van der Waals surface area contributed by atoms with E-state index in [4.69, 9.17) is 0 Å². The van der Waals surface area contributed by atoms with Crippen molar-refractivity contribution in [2.24, 2.45) is 0 Å². The fraction of sp³-hybridized carbons (Fsp3) is 0.483. The summed E-state index contributed by atoms with van der Waals surface area (Å²) in [5, 5.41) is 0. The van der Waals surface area contributed by atoms with Crippen LogP contribution in [0.15, 0.2) is 42.5 Å². The van der Waals surface area contributed by atoms with Gasteiger partial charge < -0.3 is 9.80 Å². The summed E-state index contributed by atoms with van der Waals surface area (Å²) in [7, 11) is 0. The van der Waals surface area contributed by atoms with E-state index in [1.165, 1.54) is 33.8 Å². The fourth-order valence-corrected chi connectivity index (χ4v) is 6.27. The minimum Gasteiger partial charge on any atom is -0.368 e. The van der Waals surface area contributed by atoms with E-state index in [2.05, 4.69) is 36.9 Å². The quantitative estimate of drug-likeness (QED) is 0.591. The zero-order valence-corrected chi connectivity index (χ0v) is 21.1. The number of piperazine rings is 1. The van der Waals surface area contributed by atoms with Crippen LogP contribution in [0.4, 0.5) is 10.1 Å². The summed E-state index contributed by atoms with van der Waals surface area (Å²) < 4.78 is 14.3. The second kappa shape index (κ2) is 9.68. The SMILES string of the molecule is Cc1ccc(N2CCN(C(=O)CC3(c4cccc(F)c4)CC(=O)N(C4CCCC4)C3=O)CC2)c(C)c1. The highest BCUT2D eigenvalue weighted by Gasteiger charge is 2.56. The molecule has 3 amide bonds. The average Bonchev–Trinajstić information content (AvgIpc) is 3.46.